The van der Waals surface area contributed by atoms with Crippen molar-refractivity contribution < 1.29 is 9.53 Å². The van der Waals surface area contributed by atoms with Crippen molar-refractivity contribution in [1.29, 1.82) is 0 Å². The molecule has 0 radical (unpaired) electrons. The van der Waals surface area contributed by atoms with Crippen LogP contribution in [0.15, 0.2) is 22.7 Å². The predicted molar refractivity (Wildman–Crippen MR) is 94.1 cm³/mol. The summed E-state index contributed by atoms with van der Waals surface area (Å²) in [4.78, 5) is 12.7. The molecule has 4 nitrogen and oxygen atoms in total. The van der Waals surface area contributed by atoms with Gasteiger partial charge < -0.3 is 15.4 Å². The maximum absolute atomic E-state index is 12.7. The second-order valence-corrected chi connectivity index (χ2v) is 5.82. The Morgan fingerprint density at radius 2 is 2.09 bits per heavy atom. The molecule has 1 amide bonds. The Morgan fingerprint density at radius 3 is 2.64 bits per heavy atom. The van der Waals surface area contributed by atoms with Crippen LogP contribution in [0, 0.1) is 12.3 Å². The lowest BCUT2D eigenvalue weighted by Crippen LogP contribution is -2.46. The van der Waals surface area contributed by atoms with E-state index in [4.69, 9.17) is 11.2 Å². The number of amides is 1. The minimum atomic E-state index is -0.615. The maximum atomic E-state index is 12.7. The van der Waals surface area contributed by atoms with Crippen molar-refractivity contribution in [1.82, 2.24) is 5.32 Å². The number of rotatable bonds is 8. The molecular formula is C17H23BrN2O2. The van der Waals surface area contributed by atoms with Gasteiger partial charge in [0.15, 0.2) is 0 Å². The van der Waals surface area contributed by atoms with Crippen molar-refractivity contribution in [2.45, 2.75) is 32.2 Å². The summed E-state index contributed by atoms with van der Waals surface area (Å²) >= 11 is 3.45. The van der Waals surface area contributed by atoms with Crippen molar-refractivity contribution in [3.8, 4) is 12.3 Å². The minimum absolute atomic E-state index is 0.186. The smallest absolute Gasteiger partial charge is 0.255 e. The van der Waals surface area contributed by atoms with Crippen molar-refractivity contribution >= 4 is 27.5 Å². The molecule has 22 heavy (non-hydrogen) atoms. The van der Waals surface area contributed by atoms with Crippen LogP contribution in [-0.4, -0.2) is 31.7 Å². The first-order valence-electron chi connectivity index (χ1n) is 7.35. The van der Waals surface area contributed by atoms with Crippen LogP contribution in [0.5, 0.6) is 0 Å². The van der Waals surface area contributed by atoms with E-state index in [0.717, 1.165) is 10.2 Å². The number of benzene rings is 1. The topological polar surface area (TPSA) is 50.4 Å². The number of carbonyl (C=O) groups excluding carboxylic acids is 1. The van der Waals surface area contributed by atoms with E-state index >= 15 is 0 Å². The fourth-order valence-electron chi connectivity index (χ4n) is 2.14. The molecule has 120 valence electrons. The SMILES string of the molecule is C#CC(CC)(CC)NC(=O)c1c(Br)cccc1NCCOC. The van der Waals surface area contributed by atoms with Crippen molar-refractivity contribution in [2.75, 3.05) is 25.6 Å². The Labute approximate surface area is 141 Å². The Hall–Kier alpha value is -1.51. The highest BCUT2D eigenvalue weighted by molar-refractivity contribution is 9.10. The van der Waals surface area contributed by atoms with Gasteiger partial charge in [0, 0.05) is 23.8 Å². The van der Waals surface area contributed by atoms with E-state index in [1.165, 1.54) is 0 Å². The van der Waals surface area contributed by atoms with E-state index in [2.05, 4.69) is 32.5 Å². The van der Waals surface area contributed by atoms with Gasteiger partial charge in [0.1, 0.15) is 5.54 Å². The molecule has 0 bridgehead atoms. The average molecular weight is 367 g/mol. The quantitative estimate of drug-likeness (QED) is 0.547. The van der Waals surface area contributed by atoms with E-state index in [1.54, 1.807) is 7.11 Å². The maximum Gasteiger partial charge on any atom is 0.255 e. The number of carbonyl (C=O) groups is 1. The van der Waals surface area contributed by atoms with E-state index in [-0.39, 0.29) is 5.91 Å². The fraction of sp³-hybridized carbons (Fsp3) is 0.471. The molecule has 0 heterocycles. The van der Waals surface area contributed by atoms with Gasteiger partial charge in [-0.25, -0.2) is 0 Å². The molecule has 1 rings (SSSR count). The molecule has 0 aromatic heterocycles. The standard InChI is InChI=1S/C17H23BrN2O2/c1-5-17(6-2,7-3)20-16(21)15-13(18)9-8-10-14(15)19-11-12-22-4/h1,8-10,19H,6-7,11-12H2,2-4H3,(H,20,21). The van der Waals surface area contributed by atoms with Gasteiger partial charge in [-0.3, -0.25) is 4.79 Å². The van der Waals surface area contributed by atoms with Gasteiger partial charge in [0.05, 0.1) is 12.2 Å². The third-order valence-electron chi connectivity index (χ3n) is 3.70. The molecule has 1 aromatic rings. The van der Waals surface area contributed by atoms with Crippen LogP contribution in [0.2, 0.25) is 0 Å². The van der Waals surface area contributed by atoms with Gasteiger partial charge in [-0.1, -0.05) is 25.8 Å². The van der Waals surface area contributed by atoms with E-state index in [0.29, 0.717) is 31.6 Å². The zero-order valence-corrected chi connectivity index (χ0v) is 14.9. The average Bonchev–Trinajstić information content (AvgIpc) is 2.53. The Kier molecular flexibility index (Phi) is 7.43. The highest BCUT2D eigenvalue weighted by atomic mass is 79.9. The molecule has 0 saturated heterocycles. The summed E-state index contributed by atoms with van der Waals surface area (Å²) in [5.41, 5.74) is 0.693. The van der Waals surface area contributed by atoms with Crippen molar-refractivity contribution in [2.24, 2.45) is 0 Å². The summed E-state index contributed by atoms with van der Waals surface area (Å²) in [6, 6.07) is 5.58. The normalized spacial score (nSPS) is 10.9. The number of hydrogen-bond donors (Lipinski definition) is 2. The third-order valence-corrected chi connectivity index (χ3v) is 4.36. The molecule has 5 heteroatoms. The van der Waals surface area contributed by atoms with Crippen LogP contribution in [0.25, 0.3) is 0 Å². The van der Waals surface area contributed by atoms with E-state index < -0.39 is 5.54 Å². The van der Waals surface area contributed by atoms with Gasteiger partial charge in [-0.05, 0) is 40.9 Å². The molecule has 0 unspecified atom stereocenters. The lowest BCUT2D eigenvalue weighted by Gasteiger charge is -2.27. The Bertz CT molecular complexity index is 548. The predicted octanol–water partition coefficient (Wildman–Crippen LogP) is 3.43. The summed E-state index contributed by atoms with van der Waals surface area (Å²) in [5.74, 6) is 2.53. The number of ether oxygens (including phenoxy) is 1. The molecule has 0 fully saturated rings. The summed E-state index contributed by atoms with van der Waals surface area (Å²) in [5, 5.41) is 6.20. The fourth-order valence-corrected chi connectivity index (χ4v) is 2.68. The molecule has 0 aliphatic heterocycles. The van der Waals surface area contributed by atoms with Gasteiger partial charge in [-0.15, -0.1) is 6.42 Å². The van der Waals surface area contributed by atoms with Crippen molar-refractivity contribution in [3.63, 3.8) is 0 Å². The van der Waals surface area contributed by atoms with Crippen LogP contribution in [0.1, 0.15) is 37.0 Å². The number of anilines is 1. The van der Waals surface area contributed by atoms with E-state index in [9.17, 15) is 4.79 Å². The molecule has 0 saturated carbocycles. The summed E-state index contributed by atoms with van der Waals surface area (Å²) in [7, 11) is 1.64. The summed E-state index contributed by atoms with van der Waals surface area (Å²) in [6.07, 6.45) is 6.99. The van der Waals surface area contributed by atoms with Gasteiger partial charge in [0.2, 0.25) is 0 Å². The zero-order chi connectivity index (χ0) is 16.6. The molecule has 0 aliphatic rings. The van der Waals surface area contributed by atoms with Gasteiger partial charge in [0.25, 0.3) is 5.91 Å². The third kappa shape index (κ3) is 4.49. The van der Waals surface area contributed by atoms with Crippen LogP contribution >= 0.6 is 15.9 Å². The highest BCUT2D eigenvalue weighted by Crippen LogP contribution is 2.26. The molecule has 0 aliphatic carbocycles. The summed E-state index contributed by atoms with van der Waals surface area (Å²) < 4.78 is 5.75. The highest BCUT2D eigenvalue weighted by Gasteiger charge is 2.27. The monoisotopic (exact) mass is 366 g/mol. The van der Waals surface area contributed by atoms with Crippen LogP contribution in [0.4, 0.5) is 5.69 Å². The van der Waals surface area contributed by atoms with Crippen LogP contribution in [0.3, 0.4) is 0 Å². The second-order valence-electron chi connectivity index (χ2n) is 4.97. The van der Waals surface area contributed by atoms with Crippen molar-refractivity contribution in [3.05, 3.63) is 28.2 Å². The lowest BCUT2D eigenvalue weighted by molar-refractivity contribution is 0.0916. The molecular weight excluding hydrogens is 344 g/mol. The van der Waals surface area contributed by atoms with Gasteiger partial charge in [-0.2, -0.15) is 0 Å². The number of halogens is 1. The first-order chi connectivity index (χ1) is 10.5. The zero-order valence-electron chi connectivity index (χ0n) is 13.3. The number of methoxy groups -OCH3 is 1. The van der Waals surface area contributed by atoms with Crippen LogP contribution in [-0.2, 0) is 4.74 Å². The minimum Gasteiger partial charge on any atom is -0.383 e. The Balaban J connectivity index is 3.04. The molecule has 1 aromatic carbocycles. The molecule has 2 N–H and O–H groups in total. The first-order valence-corrected chi connectivity index (χ1v) is 8.14. The largest absolute Gasteiger partial charge is 0.383 e. The summed E-state index contributed by atoms with van der Waals surface area (Å²) in [6.45, 7) is 5.13. The molecule has 0 atom stereocenters. The first kappa shape index (κ1) is 18.5. The van der Waals surface area contributed by atoms with Crippen LogP contribution < -0.4 is 10.6 Å². The number of terminal acetylenes is 1. The lowest BCUT2D eigenvalue weighted by atomic mass is 9.93. The molecule has 0 spiro atoms. The number of nitrogens with one attached hydrogen (secondary N) is 2. The number of hydrogen-bond acceptors (Lipinski definition) is 3. The van der Waals surface area contributed by atoms with Gasteiger partial charge >= 0.3 is 0 Å². The van der Waals surface area contributed by atoms with E-state index in [1.807, 2.05) is 32.0 Å². The second kappa shape index (κ2) is 8.82. The Morgan fingerprint density at radius 1 is 1.41 bits per heavy atom.